The minimum atomic E-state index is 0.557. The third-order valence-electron chi connectivity index (χ3n) is 4.25. The maximum atomic E-state index is 5.85. The van der Waals surface area contributed by atoms with Gasteiger partial charge in [0.1, 0.15) is 5.82 Å². The van der Waals surface area contributed by atoms with Crippen LogP contribution in [0.3, 0.4) is 0 Å². The molecule has 2 aromatic rings. The van der Waals surface area contributed by atoms with Crippen molar-refractivity contribution in [2.75, 3.05) is 13.6 Å². The number of hydrogen-bond donors (Lipinski definition) is 1. The monoisotopic (exact) mass is 258 g/mol. The minimum Gasteiger partial charge on any atom is -0.325 e. The lowest BCUT2D eigenvalue weighted by Gasteiger charge is -2.32. The van der Waals surface area contributed by atoms with Crippen LogP contribution >= 0.6 is 0 Å². The van der Waals surface area contributed by atoms with Crippen molar-refractivity contribution in [3.8, 4) is 0 Å². The van der Waals surface area contributed by atoms with Gasteiger partial charge in [0.15, 0.2) is 0 Å². The zero-order chi connectivity index (χ0) is 13.2. The average Bonchev–Trinajstić information content (AvgIpc) is 2.85. The summed E-state index contributed by atoms with van der Waals surface area (Å²) in [6.07, 6.45) is 6.90. The summed E-state index contributed by atoms with van der Waals surface area (Å²) in [6, 6.07) is 6.85. The fraction of sp³-hybridized carbons (Fsp3) is 0.533. The predicted molar refractivity (Wildman–Crippen MR) is 77.1 cm³/mol. The third-order valence-corrected chi connectivity index (χ3v) is 4.25. The largest absolute Gasteiger partial charge is 0.325 e. The van der Waals surface area contributed by atoms with Crippen LogP contribution in [0.1, 0.15) is 30.8 Å². The van der Waals surface area contributed by atoms with E-state index in [4.69, 9.17) is 5.73 Å². The van der Waals surface area contributed by atoms with Crippen LogP contribution < -0.4 is 5.73 Å². The Kier molecular flexibility index (Phi) is 3.53. The van der Waals surface area contributed by atoms with Gasteiger partial charge in [0.05, 0.1) is 11.7 Å². The van der Waals surface area contributed by atoms with Crippen molar-refractivity contribution in [2.24, 2.45) is 5.73 Å². The smallest absolute Gasteiger partial charge is 0.115 e. The average molecular weight is 258 g/mol. The molecule has 1 aliphatic heterocycles. The number of piperidine rings is 1. The summed E-state index contributed by atoms with van der Waals surface area (Å²) in [5, 5.41) is 0. The molecule has 1 saturated heterocycles. The van der Waals surface area contributed by atoms with Crippen LogP contribution in [0.2, 0.25) is 0 Å². The van der Waals surface area contributed by atoms with E-state index >= 15 is 0 Å². The van der Waals surface area contributed by atoms with Crippen LogP contribution in [-0.4, -0.2) is 33.9 Å². The first-order valence-electron chi connectivity index (χ1n) is 7.14. The Hall–Kier alpha value is -1.39. The van der Waals surface area contributed by atoms with Gasteiger partial charge in [0, 0.05) is 24.7 Å². The van der Waals surface area contributed by atoms with Crippen molar-refractivity contribution in [3.05, 3.63) is 35.9 Å². The highest BCUT2D eigenvalue weighted by atomic mass is 15.1. The lowest BCUT2D eigenvalue weighted by atomic mass is 10.00. The van der Waals surface area contributed by atoms with Gasteiger partial charge in [-0.15, -0.1) is 0 Å². The van der Waals surface area contributed by atoms with Gasteiger partial charge in [-0.3, -0.25) is 4.40 Å². The van der Waals surface area contributed by atoms with Gasteiger partial charge >= 0.3 is 0 Å². The second kappa shape index (κ2) is 5.31. The van der Waals surface area contributed by atoms with Crippen molar-refractivity contribution in [2.45, 2.75) is 38.3 Å². The molecule has 3 heterocycles. The number of likely N-dealkylation sites (N-methyl/N-ethyl adjacent to an activating group) is 1. The molecule has 2 N–H and O–H groups in total. The topological polar surface area (TPSA) is 46.6 Å². The van der Waals surface area contributed by atoms with Crippen LogP contribution in [0.4, 0.5) is 0 Å². The number of fused-ring (bicyclic) bond motifs is 1. The summed E-state index contributed by atoms with van der Waals surface area (Å²) in [5.41, 5.74) is 8.14. The molecule has 0 saturated carbocycles. The highest BCUT2D eigenvalue weighted by Gasteiger charge is 2.21. The van der Waals surface area contributed by atoms with Crippen LogP contribution in [0.5, 0.6) is 0 Å². The first-order chi connectivity index (χ1) is 9.29. The molecule has 0 bridgehead atoms. The Bertz CT molecular complexity index is 560. The Labute approximate surface area is 114 Å². The molecule has 0 amide bonds. The second-order valence-electron chi connectivity index (χ2n) is 5.49. The van der Waals surface area contributed by atoms with Gasteiger partial charge < -0.3 is 10.6 Å². The van der Waals surface area contributed by atoms with E-state index in [1.54, 1.807) is 0 Å². The van der Waals surface area contributed by atoms with Crippen LogP contribution in [-0.2, 0) is 13.0 Å². The maximum Gasteiger partial charge on any atom is 0.115 e. The lowest BCUT2D eigenvalue weighted by Crippen LogP contribution is -2.38. The molecule has 1 unspecified atom stereocenters. The van der Waals surface area contributed by atoms with Gasteiger partial charge in [-0.25, -0.2) is 4.98 Å². The molecule has 0 radical (unpaired) electrons. The number of pyridine rings is 1. The molecule has 1 aliphatic rings. The number of nitrogens with two attached hydrogens (primary N) is 1. The number of likely N-dealkylation sites (tertiary alicyclic amines) is 1. The molecular formula is C15H22N4. The number of hydrogen-bond acceptors (Lipinski definition) is 3. The van der Waals surface area contributed by atoms with Crippen molar-refractivity contribution < 1.29 is 0 Å². The molecule has 1 atom stereocenters. The number of rotatable bonds is 3. The molecular weight excluding hydrogens is 236 g/mol. The molecule has 0 spiro atoms. The number of nitrogens with zero attached hydrogens (tertiary/aromatic N) is 3. The molecule has 1 fully saturated rings. The Morgan fingerprint density at radius 3 is 3.05 bits per heavy atom. The van der Waals surface area contributed by atoms with Gasteiger partial charge in [-0.2, -0.15) is 0 Å². The Morgan fingerprint density at radius 2 is 2.26 bits per heavy atom. The predicted octanol–water partition coefficient (Wildman–Crippen LogP) is 1.82. The fourth-order valence-electron chi connectivity index (χ4n) is 3.10. The maximum absolute atomic E-state index is 5.85. The fourth-order valence-corrected chi connectivity index (χ4v) is 3.10. The Morgan fingerprint density at radius 1 is 1.37 bits per heavy atom. The molecule has 19 heavy (non-hydrogen) atoms. The van der Waals surface area contributed by atoms with E-state index in [0.29, 0.717) is 12.6 Å². The van der Waals surface area contributed by atoms with E-state index in [-0.39, 0.29) is 0 Å². The first-order valence-corrected chi connectivity index (χ1v) is 7.14. The summed E-state index contributed by atoms with van der Waals surface area (Å²) in [4.78, 5) is 7.08. The molecule has 0 aromatic carbocycles. The van der Waals surface area contributed by atoms with Crippen LogP contribution in [0.15, 0.2) is 24.4 Å². The van der Waals surface area contributed by atoms with Crippen molar-refractivity contribution in [1.29, 1.82) is 0 Å². The van der Waals surface area contributed by atoms with E-state index in [0.717, 1.165) is 23.5 Å². The van der Waals surface area contributed by atoms with Crippen molar-refractivity contribution in [1.82, 2.24) is 14.3 Å². The zero-order valence-corrected chi connectivity index (χ0v) is 11.5. The number of imidazole rings is 1. The first kappa shape index (κ1) is 12.6. The summed E-state index contributed by atoms with van der Waals surface area (Å²) < 4.78 is 2.22. The van der Waals surface area contributed by atoms with Gasteiger partial charge in [-0.1, -0.05) is 12.5 Å². The standard InChI is InChI=1S/C15H22N4/c1-18-8-3-2-5-12(18)9-15-17-11-14-7-4-6-13(10-16)19(14)15/h4,6-7,11-12H,2-3,5,8-10,16H2,1H3. The summed E-state index contributed by atoms with van der Waals surface area (Å²) in [5.74, 6) is 1.15. The number of aromatic nitrogens is 2. The molecule has 3 rings (SSSR count). The normalized spacial score (nSPS) is 21.1. The van der Waals surface area contributed by atoms with E-state index in [2.05, 4.69) is 39.5 Å². The van der Waals surface area contributed by atoms with Gasteiger partial charge in [0.25, 0.3) is 0 Å². The third kappa shape index (κ3) is 2.38. The van der Waals surface area contributed by atoms with E-state index in [1.165, 1.54) is 25.8 Å². The second-order valence-corrected chi connectivity index (χ2v) is 5.49. The van der Waals surface area contributed by atoms with E-state index in [9.17, 15) is 0 Å². The van der Waals surface area contributed by atoms with Gasteiger partial charge in [-0.05, 0) is 38.6 Å². The van der Waals surface area contributed by atoms with E-state index in [1.807, 2.05) is 6.20 Å². The van der Waals surface area contributed by atoms with E-state index < -0.39 is 0 Å². The summed E-state index contributed by atoms with van der Waals surface area (Å²) in [7, 11) is 2.23. The van der Waals surface area contributed by atoms with Crippen molar-refractivity contribution in [3.63, 3.8) is 0 Å². The van der Waals surface area contributed by atoms with Crippen molar-refractivity contribution >= 4 is 5.52 Å². The van der Waals surface area contributed by atoms with Crippen LogP contribution in [0.25, 0.3) is 5.52 Å². The molecule has 102 valence electrons. The summed E-state index contributed by atoms with van der Waals surface area (Å²) >= 11 is 0. The zero-order valence-electron chi connectivity index (χ0n) is 11.5. The quantitative estimate of drug-likeness (QED) is 0.913. The molecule has 2 aromatic heterocycles. The molecule has 4 nitrogen and oxygen atoms in total. The molecule has 0 aliphatic carbocycles. The van der Waals surface area contributed by atoms with Crippen LogP contribution in [0, 0.1) is 0 Å². The highest BCUT2D eigenvalue weighted by Crippen LogP contribution is 2.20. The minimum absolute atomic E-state index is 0.557. The highest BCUT2D eigenvalue weighted by molar-refractivity contribution is 5.47. The SMILES string of the molecule is CN1CCCCC1Cc1ncc2cccc(CN)n12. The lowest BCUT2D eigenvalue weighted by molar-refractivity contribution is 0.182. The van der Waals surface area contributed by atoms with Gasteiger partial charge in [0.2, 0.25) is 0 Å². The summed E-state index contributed by atoms with van der Waals surface area (Å²) in [6.45, 7) is 1.76. The Balaban J connectivity index is 1.92. The molecule has 4 heteroatoms.